The van der Waals surface area contributed by atoms with E-state index in [1.54, 1.807) is 6.92 Å². The first-order chi connectivity index (χ1) is 12.5. The molecule has 1 unspecified atom stereocenters. The predicted molar refractivity (Wildman–Crippen MR) is 106 cm³/mol. The molecule has 0 heterocycles. The summed E-state index contributed by atoms with van der Waals surface area (Å²) in [6.07, 6.45) is 1.56. The number of allylic oxidation sites excluding steroid dienone is 1. The van der Waals surface area contributed by atoms with E-state index in [0.29, 0.717) is 19.6 Å². The summed E-state index contributed by atoms with van der Waals surface area (Å²) in [6, 6.07) is 15.6. The van der Waals surface area contributed by atoms with Crippen LogP contribution in [0.2, 0.25) is 0 Å². The molecular formula is C21H23BrO4. The van der Waals surface area contributed by atoms with Crippen LogP contribution in [0.3, 0.4) is 0 Å². The summed E-state index contributed by atoms with van der Waals surface area (Å²) in [4.78, 5) is 11.1. The lowest BCUT2D eigenvalue weighted by molar-refractivity contribution is -0.149. The third-order valence-corrected chi connectivity index (χ3v) is 4.46. The molecule has 0 fully saturated rings. The fourth-order valence-electron chi connectivity index (χ4n) is 2.45. The highest BCUT2D eigenvalue weighted by Crippen LogP contribution is 2.18. The summed E-state index contributed by atoms with van der Waals surface area (Å²) < 4.78 is 12.0. The van der Waals surface area contributed by atoms with Gasteiger partial charge in [0.25, 0.3) is 0 Å². The minimum absolute atomic E-state index is 0.339. The molecule has 0 saturated heterocycles. The summed E-state index contributed by atoms with van der Waals surface area (Å²) in [7, 11) is 0. The van der Waals surface area contributed by atoms with E-state index in [1.165, 1.54) is 0 Å². The molecule has 0 aromatic heterocycles. The Hall–Kier alpha value is -2.11. The second-order valence-electron chi connectivity index (χ2n) is 5.84. The average Bonchev–Trinajstić information content (AvgIpc) is 2.63. The van der Waals surface area contributed by atoms with Gasteiger partial charge in [-0.1, -0.05) is 40.2 Å². The lowest BCUT2D eigenvalue weighted by atomic mass is 10.1. The van der Waals surface area contributed by atoms with Crippen LogP contribution in [-0.2, 0) is 16.0 Å². The first-order valence-electron chi connectivity index (χ1n) is 8.48. The normalized spacial score (nSPS) is 12.7. The largest absolute Gasteiger partial charge is 0.490 e. The molecule has 2 rings (SSSR count). The molecule has 0 amide bonds. The zero-order chi connectivity index (χ0) is 18.9. The number of hydrogen-bond donors (Lipinski definition) is 1. The maximum atomic E-state index is 11.1. The molecule has 0 bridgehead atoms. The van der Waals surface area contributed by atoms with Crippen LogP contribution in [0.4, 0.5) is 0 Å². The van der Waals surface area contributed by atoms with Crippen molar-refractivity contribution in [3.63, 3.8) is 0 Å². The van der Waals surface area contributed by atoms with Gasteiger partial charge in [-0.15, -0.1) is 0 Å². The van der Waals surface area contributed by atoms with Gasteiger partial charge in [-0.3, -0.25) is 0 Å². The van der Waals surface area contributed by atoms with E-state index in [1.807, 2.05) is 42.5 Å². The van der Waals surface area contributed by atoms with Crippen molar-refractivity contribution in [3.8, 4) is 5.75 Å². The predicted octanol–water partition coefficient (Wildman–Crippen LogP) is 4.96. The Kier molecular flexibility index (Phi) is 7.88. The zero-order valence-corrected chi connectivity index (χ0v) is 16.5. The van der Waals surface area contributed by atoms with Crippen LogP contribution < -0.4 is 4.74 Å². The smallest absolute Gasteiger partial charge is 0.333 e. The van der Waals surface area contributed by atoms with E-state index in [2.05, 4.69) is 35.0 Å². The van der Waals surface area contributed by atoms with Crippen molar-refractivity contribution in [2.45, 2.75) is 26.4 Å². The van der Waals surface area contributed by atoms with Gasteiger partial charge in [0.2, 0.25) is 0 Å². The Morgan fingerprint density at radius 2 is 1.81 bits per heavy atom. The molecule has 0 aliphatic rings. The third-order valence-electron chi connectivity index (χ3n) is 3.93. The maximum Gasteiger partial charge on any atom is 0.333 e. The number of halogens is 1. The first kappa shape index (κ1) is 20.2. The fraction of sp³-hybridized carbons (Fsp3) is 0.286. The van der Waals surface area contributed by atoms with Gasteiger partial charge in [0.1, 0.15) is 12.4 Å². The number of benzene rings is 2. The molecule has 1 N–H and O–H groups in total. The molecule has 0 spiro atoms. The summed E-state index contributed by atoms with van der Waals surface area (Å²) in [5, 5.41) is 9.14. The lowest BCUT2D eigenvalue weighted by Crippen LogP contribution is -2.26. The van der Waals surface area contributed by atoms with Gasteiger partial charge in [-0.25, -0.2) is 4.79 Å². The van der Waals surface area contributed by atoms with Crippen LogP contribution in [0.25, 0.3) is 5.57 Å². The molecule has 2 aromatic rings. The fourth-order valence-corrected chi connectivity index (χ4v) is 2.71. The summed E-state index contributed by atoms with van der Waals surface area (Å²) in [5.74, 6) is -0.197. The second-order valence-corrected chi connectivity index (χ2v) is 6.75. The van der Waals surface area contributed by atoms with E-state index in [4.69, 9.17) is 14.6 Å². The quantitative estimate of drug-likeness (QED) is 0.624. The molecule has 2 aromatic carbocycles. The van der Waals surface area contributed by atoms with Gasteiger partial charge in [0.15, 0.2) is 6.10 Å². The molecule has 26 heavy (non-hydrogen) atoms. The third kappa shape index (κ3) is 6.32. The Balaban J connectivity index is 1.89. The number of rotatable bonds is 9. The lowest BCUT2D eigenvalue weighted by Gasteiger charge is -2.12. The van der Waals surface area contributed by atoms with E-state index in [9.17, 15) is 4.79 Å². The van der Waals surface area contributed by atoms with Crippen LogP contribution >= 0.6 is 15.9 Å². The Morgan fingerprint density at radius 1 is 1.15 bits per heavy atom. The van der Waals surface area contributed by atoms with Crippen molar-refractivity contribution >= 4 is 27.5 Å². The molecule has 0 saturated carbocycles. The van der Waals surface area contributed by atoms with Crippen molar-refractivity contribution < 1.29 is 19.4 Å². The van der Waals surface area contributed by atoms with Crippen LogP contribution in [-0.4, -0.2) is 30.4 Å². The Bertz CT molecular complexity index is 736. The van der Waals surface area contributed by atoms with E-state index in [0.717, 1.165) is 26.9 Å². The Labute approximate surface area is 162 Å². The van der Waals surface area contributed by atoms with Gasteiger partial charge < -0.3 is 14.6 Å². The van der Waals surface area contributed by atoms with E-state index < -0.39 is 12.1 Å². The van der Waals surface area contributed by atoms with Crippen molar-refractivity contribution in [1.82, 2.24) is 0 Å². The number of aliphatic carboxylic acids is 1. The first-order valence-corrected chi connectivity index (χ1v) is 9.27. The van der Waals surface area contributed by atoms with Gasteiger partial charge in [-0.2, -0.15) is 0 Å². The van der Waals surface area contributed by atoms with E-state index in [-0.39, 0.29) is 0 Å². The summed E-state index contributed by atoms with van der Waals surface area (Å²) >= 11 is 3.43. The highest BCUT2D eigenvalue weighted by atomic mass is 79.9. The number of carboxylic acid groups (broad SMARTS) is 1. The molecule has 0 radical (unpaired) electrons. The molecular weight excluding hydrogens is 396 g/mol. The molecule has 1 atom stereocenters. The minimum atomic E-state index is -0.944. The van der Waals surface area contributed by atoms with Gasteiger partial charge >= 0.3 is 5.97 Å². The second kappa shape index (κ2) is 10.1. The topological polar surface area (TPSA) is 55.8 Å². The molecule has 0 aliphatic heterocycles. The average molecular weight is 419 g/mol. The van der Waals surface area contributed by atoms with E-state index >= 15 is 0 Å². The van der Waals surface area contributed by atoms with Crippen LogP contribution in [0.1, 0.15) is 25.0 Å². The van der Waals surface area contributed by atoms with Crippen molar-refractivity contribution in [2.75, 3.05) is 13.2 Å². The van der Waals surface area contributed by atoms with Crippen molar-refractivity contribution in [2.24, 2.45) is 0 Å². The van der Waals surface area contributed by atoms with Gasteiger partial charge in [0, 0.05) is 17.5 Å². The maximum absolute atomic E-state index is 11.1. The molecule has 5 heteroatoms. The van der Waals surface area contributed by atoms with Crippen LogP contribution in [0.15, 0.2) is 59.1 Å². The number of hydrogen-bond acceptors (Lipinski definition) is 3. The highest BCUT2D eigenvalue weighted by Gasteiger charge is 2.17. The van der Waals surface area contributed by atoms with Gasteiger partial charge in [0.05, 0.1) is 0 Å². The van der Waals surface area contributed by atoms with Gasteiger partial charge in [-0.05, 0) is 60.9 Å². The summed E-state index contributed by atoms with van der Waals surface area (Å²) in [6.45, 7) is 4.69. The molecule has 138 valence electrons. The van der Waals surface area contributed by atoms with Crippen molar-refractivity contribution in [3.05, 3.63) is 70.2 Å². The molecule has 0 aliphatic carbocycles. The number of carbonyl (C=O) groups is 1. The standard InChI is InChI=1S/C21H23BrO4/c1-3-25-20(21(23)24)14-16-4-10-19(11-5-16)26-13-12-15(2)17-6-8-18(22)9-7-17/h4-12,20H,3,13-14H2,1-2H3,(H,23,24)/b15-12+. The monoisotopic (exact) mass is 418 g/mol. The highest BCUT2D eigenvalue weighted by molar-refractivity contribution is 9.10. The molecule has 4 nitrogen and oxygen atoms in total. The van der Waals surface area contributed by atoms with Crippen molar-refractivity contribution in [1.29, 1.82) is 0 Å². The zero-order valence-electron chi connectivity index (χ0n) is 14.9. The SMILES string of the molecule is CCOC(Cc1ccc(OC/C=C(\C)c2ccc(Br)cc2)cc1)C(=O)O. The Morgan fingerprint density at radius 3 is 2.38 bits per heavy atom. The minimum Gasteiger partial charge on any atom is -0.490 e. The van der Waals surface area contributed by atoms with Crippen LogP contribution in [0, 0.1) is 0 Å². The van der Waals surface area contributed by atoms with Crippen LogP contribution in [0.5, 0.6) is 5.75 Å². The number of ether oxygens (including phenoxy) is 2. The summed E-state index contributed by atoms with van der Waals surface area (Å²) in [5.41, 5.74) is 3.21. The number of carboxylic acids is 1.